The van der Waals surface area contributed by atoms with Gasteiger partial charge in [-0.05, 0) is 13.3 Å². The average Bonchev–Trinajstić information content (AvgIpc) is 2.49. The van der Waals surface area contributed by atoms with E-state index in [4.69, 9.17) is 0 Å². The second kappa shape index (κ2) is 3.56. The molecule has 68 valence electrons. The predicted octanol–water partition coefficient (Wildman–Crippen LogP) is 0.0741. The minimum Gasteiger partial charge on any atom is -0.469 e. The number of methoxy groups -OCH3 is 1. The molecule has 0 spiro atoms. The first-order chi connectivity index (χ1) is 5.65. The van der Waals surface area contributed by atoms with E-state index in [9.17, 15) is 9.59 Å². The van der Waals surface area contributed by atoms with Gasteiger partial charge in [-0.2, -0.15) is 0 Å². The van der Waals surface area contributed by atoms with Gasteiger partial charge in [0.15, 0.2) is 0 Å². The van der Waals surface area contributed by atoms with Gasteiger partial charge in [-0.15, -0.1) is 0 Å². The molecule has 0 aromatic heterocycles. The SMILES string of the molecule is COC(=O)C(C)C1CCC(=O)N1. The van der Waals surface area contributed by atoms with E-state index < -0.39 is 0 Å². The molecule has 1 rings (SSSR count). The minimum atomic E-state index is -0.262. The van der Waals surface area contributed by atoms with Crippen LogP contribution in [0.3, 0.4) is 0 Å². The second-order valence-electron chi connectivity index (χ2n) is 3.02. The molecular weight excluding hydrogens is 158 g/mol. The molecule has 1 heterocycles. The van der Waals surface area contributed by atoms with Gasteiger partial charge in [0, 0.05) is 12.5 Å². The van der Waals surface area contributed by atoms with Crippen LogP contribution in [0.1, 0.15) is 19.8 Å². The van der Waals surface area contributed by atoms with Crippen molar-refractivity contribution < 1.29 is 14.3 Å². The monoisotopic (exact) mass is 171 g/mol. The number of ether oxygens (including phenoxy) is 1. The zero-order valence-corrected chi connectivity index (χ0v) is 7.29. The van der Waals surface area contributed by atoms with Crippen molar-refractivity contribution in [3.05, 3.63) is 0 Å². The topological polar surface area (TPSA) is 55.4 Å². The number of amides is 1. The Morgan fingerprint density at radius 1 is 1.75 bits per heavy atom. The maximum atomic E-state index is 11.0. The van der Waals surface area contributed by atoms with Gasteiger partial charge in [0.2, 0.25) is 5.91 Å². The molecule has 1 N–H and O–H groups in total. The van der Waals surface area contributed by atoms with Crippen molar-refractivity contribution in [1.82, 2.24) is 5.32 Å². The van der Waals surface area contributed by atoms with Gasteiger partial charge in [0.25, 0.3) is 0 Å². The van der Waals surface area contributed by atoms with Crippen LogP contribution < -0.4 is 5.32 Å². The third-order valence-corrected chi connectivity index (χ3v) is 2.21. The van der Waals surface area contributed by atoms with Gasteiger partial charge in [-0.25, -0.2) is 0 Å². The fourth-order valence-electron chi connectivity index (χ4n) is 1.36. The number of carbonyl (C=O) groups is 2. The van der Waals surface area contributed by atoms with Crippen LogP contribution in [0.25, 0.3) is 0 Å². The lowest BCUT2D eigenvalue weighted by Crippen LogP contribution is -2.36. The summed E-state index contributed by atoms with van der Waals surface area (Å²) in [6.07, 6.45) is 1.25. The number of hydrogen-bond acceptors (Lipinski definition) is 3. The Hall–Kier alpha value is -1.06. The van der Waals surface area contributed by atoms with Gasteiger partial charge < -0.3 is 10.1 Å². The summed E-state index contributed by atoms with van der Waals surface area (Å²) in [5.41, 5.74) is 0. The van der Waals surface area contributed by atoms with E-state index >= 15 is 0 Å². The van der Waals surface area contributed by atoms with E-state index in [1.807, 2.05) is 0 Å². The van der Waals surface area contributed by atoms with Crippen molar-refractivity contribution in [2.75, 3.05) is 7.11 Å². The Morgan fingerprint density at radius 3 is 2.83 bits per heavy atom. The van der Waals surface area contributed by atoms with Crippen LogP contribution in [-0.4, -0.2) is 25.0 Å². The van der Waals surface area contributed by atoms with Crippen molar-refractivity contribution in [3.8, 4) is 0 Å². The number of esters is 1. The second-order valence-corrected chi connectivity index (χ2v) is 3.02. The molecule has 0 aromatic rings. The lowest BCUT2D eigenvalue weighted by atomic mass is 10.0. The summed E-state index contributed by atoms with van der Waals surface area (Å²) in [5, 5.41) is 2.73. The molecular formula is C8H13NO3. The first-order valence-corrected chi connectivity index (χ1v) is 4.02. The molecule has 0 aromatic carbocycles. The summed E-state index contributed by atoms with van der Waals surface area (Å²) in [6.45, 7) is 1.77. The maximum Gasteiger partial charge on any atom is 0.310 e. The molecule has 2 unspecified atom stereocenters. The quantitative estimate of drug-likeness (QED) is 0.598. The molecule has 1 fully saturated rings. The first-order valence-electron chi connectivity index (χ1n) is 4.02. The van der Waals surface area contributed by atoms with Gasteiger partial charge in [0.05, 0.1) is 13.0 Å². The van der Waals surface area contributed by atoms with Crippen molar-refractivity contribution >= 4 is 11.9 Å². The lowest BCUT2D eigenvalue weighted by molar-refractivity contribution is -0.145. The highest BCUT2D eigenvalue weighted by molar-refractivity contribution is 5.81. The van der Waals surface area contributed by atoms with Crippen LogP contribution in [0.2, 0.25) is 0 Å². The minimum absolute atomic E-state index is 0.0238. The molecule has 0 bridgehead atoms. The van der Waals surface area contributed by atoms with E-state index in [-0.39, 0.29) is 23.8 Å². The molecule has 4 heteroatoms. The van der Waals surface area contributed by atoms with Gasteiger partial charge in [-0.3, -0.25) is 9.59 Å². The molecule has 1 aliphatic rings. The number of nitrogens with one attached hydrogen (secondary N) is 1. The molecule has 1 saturated heterocycles. The van der Waals surface area contributed by atoms with Crippen LogP contribution >= 0.6 is 0 Å². The molecule has 1 amide bonds. The molecule has 0 aliphatic carbocycles. The van der Waals surface area contributed by atoms with E-state index in [0.29, 0.717) is 6.42 Å². The van der Waals surface area contributed by atoms with Crippen molar-refractivity contribution in [2.45, 2.75) is 25.8 Å². The average molecular weight is 171 g/mol. The van der Waals surface area contributed by atoms with Crippen molar-refractivity contribution in [2.24, 2.45) is 5.92 Å². The Kier molecular flexibility index (Phi) is 2.68. The summed E-state index contributed by atoms with van der Waals surface area (Å²) in [5.74, 6) is -0.473. The first kappa shape index (κ1) is 9.03. The smallest absolute Gasteiger partial charge is 0.310 e. The molecule has 2 atom stereocenters. The zero-order chi connectivity index (χ0) is 9.14. The van der Waals surface area contributed by atoms with Crippen LogP contribution in [0.5, 0.6) is 0 Å². The van der Waals surface area contributed by atoms with Crippen LogP contribution in [0.4, 0.5) is 0 Å². The molecule has 1 aliphatic heterocycles. The number of hydrogen-bond donors (Lipinski definition) is 1. The standard InChI is InChI=1S/C8H13NO3/c1-5(8(11)12-2)6-3-4-7(10)9-6/h5-6H,3-4H2,1-2H3,(H,9,10). The Balaban J connectivity index is 2.48. The highest BCUT2D eigenvalue weighted by atomic mass is 16.5. The summed E-state index contributed by atoms with van der Waals surface area (Å²) in [6, 6.07) is -0.0371. The van der Waals surface area contributed by atoms with E-state index in [1.165, 1.54) is 7.11 Å². The normalized spacial score (nSPS) is 24.8. The zero-order valence-electron chi connectivity index (χ0n) is 7.29. The fraction of sp³-hybridized carbons (Fsp3) is 0.750. The third kappa shape index (κ3) is 1.75. The summed E-state index contributed by atoms with van der Waals surface area (Å²) < 4.78 is 4.57. The maximum absolute atomic E-state index is 11.0. The largest absolute Gasteiger partial charge is 0.469 e. The van der Waals surface area contributed by atoms with Crippen molar-refractivity contribution in [3.63, 3.8) is 0 Å². The molecule has 0 saturated carbocycles. The van der Waals surface area contributed by atoms with Crippen LogP contribution in [-0.2, 0) is 14.3 Å². The van der Waals surface area contributed by atoms with Crippen molar-refractivity contribution in [1.29, 1.82) is 0 Å². The van der Waals surface area contributed by atoms with Crippen LogP contribution in [0.15, 0.2) is 0 Å². The fourth-order valence-corrected chi connectivity index (χ4v) is 1.36. The predicted molar refractivity (Wildman–Crippen MR) is 42.3 cm³/mol. The highest BCUT2D eigenvalue weighted by Gasteiger charge is 2.30. The van der Waals surface area contributed by atoms with Gasteiger partial charge >= 0.3 is 5.97 Å². The van der Waals surface area contributed by atoms with Gasteiger partial charge in [-0.1, -0.05) is 0 Å². The summed E-state index contributed by atoms with van der Waals surface area (Å²) in [7, 11) is 1.36. The van der Waals surface area contributed by atoms with E-state index in [2.05, 4.69) is 10.1 Å². The lowest BCUT2D eigenvalue weighted by Gasteiger charge is -2.15. The summed E-state index contributed by atoms with van der Waals surface area (Å²) >= 11 is 0. The highest BCUT2D eigenvalue weighted by Crippen LogP contribution is 2.16. The van der Waals surface area contributed by atoms with E-state index in [1.54, 1.807) is 6.92 Å². The van der Waals surface area contributed by atoms with Crippen LogP contribution in [0, 0.1) is 5.92 Å². The molecule has 0 radical (unpaired) electrons. The molecule has 12 heavy (non-hydrogen) atoms. The Bertz CT molecular complexity index is 202. The van der Waals surface area contributed by atoms with Gasteiger partial charge in [0.1, 0.15) is 0 Å². The molecule has 4 nitrogen and oxygen atoms in total. The van der Waals surface area contributed by atoms with E-state index in [0.717, 1.165) is 6.42 Å². The number of carbonyl (C=O) groups excluding carboxylic acids is 2. The number of rotatable bonds is 2. The summed E-state index contributed by atoms with van der Waals surface area (Å²) in [4.78, 5) is 21.8. The Morgan fingerprint density at radius 2 is 2.42 bits per heavy atom. The third-order valence-electron chi connectivity index (χ3n) is 2.21. The Labute approximate surface area is 71.3 Å².